The number of hydrogen-bond donors (Lipinski definition) is 2. The Hall–Kier alpha value is -2.37. The quantitative estimate of drug-likeness (QED) is 0.748. The minimum absolute atomic E-state index is 0.0208. The third kappa shape index (κ3) is 3.60. The molecule has 1 aromatic carbocycles. The lowest BCUT2D eigenvalue weighted by Gasteiger charge is -2.07. The molecule has 0 aliphatic carbocycles. The van der Waals surface area contributed by atoms with Gasteiger partial charge in [0, 0.05) is 6.08 Å². The van der Waals surface area contributed by atoms with Gasteiger partial charge in [0.1, 0.15) is 23.7 Å². The largest absolute Gasteiger partial charge is 0.489 e. The van der Waals surface area contributed by atoms with Gasteiger partial charge in [-0.05, 0) is 18.2 Å². The summed E-state index contributed by atoms with van der Waals surface area (Å²) >= 11 is 0. The van der Waals surface area contributed by atoms with Crippen molar-refractivity contribution in [3.8, 4) is 5.75 Å². The number of carbonyl (C=O) groups is 2. The summed E-state index contributed by atoms with van der Waals surface area (Å²) in [7, 11) is 0. The Balaban J connectivity index is 2.81. The van der Waals surface area contributed by atoms with Gasteiger partial charge in [-0.25, -0.2) is 9.18 Å². The molecule has 5 nitrogen and oxygen atoms in total. The normalized spacial score (nSPS) is 10.4. The van der Waals surface area contributed by atoms with E-state index in [-0.39, 0.29) is 17.9 Å². The molecule has 0 aromatic heterocycles. The molecule has 0 aliphatic rings. The van der Waals surface area contributed by atoms with Crippen molar-refractivity contribution in [3.63, 3.8) is 0 Å². The van der Waals surface area contributed by atoms with Gasteiger partial charge in [0.15, 0.2) is 0 Å². The van der Waals surface area contributed by atoms with Crippen LogP contribution in [0.5, 0.6) is 5.75 Å². The van der Waals surface area contributed by atoms with Crippen molar-refractivity contribution >= 4 is 11.9 Å². The van der Waals surface area contributed by atoms with Crippen LogP contribution in [0.4, 0.5) is 4.39 Å². The van der Waals surface area contributed by atoms with E-state index in [1.54, 1.807) is 0 Å². The van der Waals surface area contributed by atoms with Crippen LogP contribution in [0.1, 0.15) is 10.4 Å². The number of rotatable bonds is 5. The van der Waals surface area contributed by atoms with E-state index in [0.29, 0.717) is 0 Å². The van der Waals surface area contributed by atoms with Crippen molar-refractivity contribution in [2.75, 3.05) is 6.61 Å². The number of aliphatic carboxylic acids is 1. The first-order valence-electron chi connectivity index (χ1n) is 4.63. The van der Waals surface area contributed by atoms with Crippen molar-refractivity contribution in [1.82, 2.24) is 0 Å². The summed E-state index contributed by atoms with van der Waals surface area (Å²) < 4.78 is 18.3. The van der Waals surface area contributed by atoms with Gasteiger partial charge in [0.2, 0.25) is 0 Å². The van der Waals surface area contributed by atoms with Crippen LogP contribution in [0.2, 0.25) is 0 Å². The standard InChI is InChI=1S/C11H10FNO4/c12-7-3-1-4-8(10(7)11(13)16)17-6-2-5-9(14)15/h1-5H,6H2,(H2,13,16)(H,14,15). The van der Waals surface area contributed by atoms with Gasteiger partial charge in [-0.3, -0.25) is 4.79 Å². The number of carboxylic acids is 1. The molecule has 0 saturated carbocycles. The van der Waals surface area contributed by atoms with Crippen LogP contribution < -0.4 is 10.5 Å². The number of amides is 1. The van der Waals surface area contributed by atoms with E-state index in [9.17, 15) is 14.0 Å². The molecule has 90 valence electrons. The van der Waals surface area contributed by atoms with Crippen molar-refractivity contribution in [2.24, 2.45) is 5.73 Å². The van der Waals surface area contributed by atoms with Gasteiger partial charge in [0.05, 0.1) is 0 Å². The lowest BCUT2D eigenvalue weighted by Crippen LogP contribution is -2.15. The molecule has 0 unspecified atom stereocenters. The van der Waals surface area contributed by atoms with E-state index in [0.717, 1.165) is 12.1 Å². The Morgan fingerprint density at radius 1 is 1.47 bits per heavy atom. The molecule has 1 amide bonds. The summed E-state index contributed by atoms with van der Waals surface area (Å²) in [5.41, 5.74) is 4.65. The van der Waals surface area contributed by atoms with Crippen molar-refractivity contribution in [1.29, 1.82) is 0 Å². The van der Waals surface area contributed by atoms with E-state index < -0.39 is 17.7 Å². The first-order valence-corrected chi connectivity index (χ1v) is 4.63. The fraction of sp³-hybridized carbons (Fsp3) is 0.0909. The molecule has 3 N–H and O–H groups in total. The van der Waals surface area contributed by atoms with Crippen molar-refractivity contribution < 1.29 is 23.8 Å². The smallest absolute Gasteiger partial charge is 0.328 e. The Morgan fingerprint density at radius 3 is 2.76 bits per heavy atom. The number of ether oxygens (including phenoxy) is 1. The Kier molecular flexibility index (Phi) is 4.21. The molecule has 1 rings (SSSR count). The summed E-state index contributed by atoms with van der Waals surface area (Å²) in [6.07, 6.45) is 2.10. The number of nitrogens with two attached hydrogens (primary N) is 1. The maximum absolute atomic E-state index is 13.2. The Morgan fingerprint density at radius 2 is 2.18 bits per heavy atom. The maximum Gasteiger partial charge on any atom is 0.328 e. The van der Waals surface area contributed by atoms with Gasteiger partial charge in [0.25, 0.3) is 5.91 Å². The molecule has 6 heteroatoms. The zero-order chi connectivity index (χ0) is 12.8. The number of carboxylic acid groups (broad SMARTS) is 1. The third-order valence-electron chi connectivity index (χ3n) is 1.82. The molecule has 1 aromatic rings. The van der Waals surface area contributed by atoms with Crippen LogP contribution in [0.15, 0.2) is 30.4 Å². The summed E-state index contributed by atoms with van der Waals surface area (Å²) in [6.45, 7) is -0.101. The zero-order valence-corrected chi connectivity index (χ0v) is 8.72. The lowest BCUT2D eigenvalue weighted by atomic mass is 10.2. The second-order valence-corrected chi connectivity index (χ2v) is 3.03. The second-order valence-electron chi connectivity index (χ2n) is 3.03. The van der Waals surface area contributed by atoms with E-state index >= 15 is 0 Å². The topological polar surface area (TPSA) is 89.6 Å². The summed E-state index contributed by atoms with van der Waals surface area (Å²) in [5, 5.41) is 8.32. The van der Waals surface area contributed by atoms with E-state index in [1.807, 2.05) is 0 Å². The van der Waals surface area contributed by atoms with Gasteiger partial charge in [-0.1, -0.05) is 6.07 Å². The van der Waals surface area contributed by atoms with Crippen LogP contribution in [0.25, 0.3) is 0 Å². The van der Waals surface area contributed by atoms with Gasteiger partial charge in [-0.2, -0.15) is 0 Å². The highest BCUT2D eigenvalue weighted by Crippen LogP contribution is 2.20. The molecule has 0 saturated heterocycles. The van der Waals surface area contributed by atoms with E-state index in [4.69, 9.17) is 15.6 Å². The average Bonchev–Trinajstić information content (AvgIpc) is 2.23. The summed E-state index contributed by atoms with van der Waals surface area (Å²) in [5.74, 6) is -2.87. The molecule has 0 aliphatic heterocycles. The highest BCUT2D eigenvalue weighted by molar-refractivity contribution is 5.95. The molecule has 0 bridgehead atoms. The Labute approximate surface area is 96.3 Å². The first-order chi connectivity index (χ1) is 8.02. The van der Waals surface area contributed by atoms with Crippen LogP contribution in [0.3, 0.4) is 0 Å². The minimum Gasteiger partial charge on any atom is -0.489 e. The number of carbonyl (C=O) groups excluding carboxylic acids is 1. The zero-order valence-electron chi connectivity index (χ0n) is 8.72. The minimum atomic E-state index is -1.12. The van der Waals surface area contributed by atoms with Gasteiger partial charge < -0.3 is 15.6 Å². The third-order valence-corrected chi connectivity index (χ3v) is 1.82. The number of benzene rings is 1. The molecular formula is C11H10FNO4. The summed E-state index contributed by atoms with van der Waals surface area (Å²) in [6, 6.07) is 3.82. The number of primary amides is 1. The molecule has 0 fully saturated rings. The average molecular weight is 239 g/mol. The monoisotopic (exact) mass is 239 g/mol. The molecular weight excluding hydrogens is 229 g/mol. The second kappa shape index (κ2) is 5.64. The summed E-state index contributed by atoms with van der Waals surface area (Å²) in [4.78, 5) is 21.1. The predicted octanol–water partition coefficient (Wildman–Crippen LogP) is 0.944. The molecule has 0 spiro atoms. The van der Waals surface area contributed by atoms with Crippen LogP contribution in [-0.2, 0) is 4.79 Å². The molecule has 0 atom stereocenters. The Bertz CT molecular complexity index is 471. The van der Waals surface area contributed by atoms with Gasteiger partial charge in [-0.15, -0.1) is 0 Å². The first kappa shape index (κ1) is 12.7. The van der Waals surface area contributed by atoms with Crippen LogP contribution in [-0.4, -0.2) is 23.6 Å². The molecule has 0 radical (unpaired) electrons. The van der Waals surface area contributed by atoms with Crippen LogP contribution >= 0.6 is 0 Å². The molecule has 0 heterocycles. The highest BCUT2D eigenvalue weighted by Gasteiger charge is 2.14. The predicted molar refractivity (Wildman–Crippen MR) is 57.2 cm³/mol. The van der Waals surface area contributed by atoms with Crippen molar-refractivity contribution in [2.45, 2.75) is 0 Å². The van der Waals surface area contributed by atoms with Gasteiger partial charge >= 0.3 is 5.97 Å². The molecule has 17 heavy (non-hydrogen) atoms. The number of hydrogen-bond acceptors (Lipinski definition) is 3. The number of halogens is 1. The highest BCUT2D eigenvalue weighted by atomic mass is 19.1. The fourth-order valence-corrected chi connectivity index (χ4v) is 1.15. The SMILES string of the molecule is NC(=O)c1c(F)cccc1OCC=CC(=O)O. The maximum atomic E-state index is 13.2. The fourth-order valence-electron chi connectivity index (χ4n) is 1.15. The van der Waals surface area contributed by atoms with Crippen molar-refractivity contribution in [3.05, 3.63) is 41.7 Å². The lowest BCUT2D eigenvalue weighted by molar-refractivity contribution is -0.131. The van der Waals surface area contributed by atoms with E-state index in [1.165, 1.54) is 18.2 Å². The van der Waals surface area contributed by atoms with E-state index in [2.05, 4.69) is 0 Å². The van der Waals surface area contributed by atoms with Crippen LogP contribution in [0, 0.1) is 5.82 Å².